The Kier molecular flexibility index (Phi) is 2.86. The van der Waals surface area contributed by atoms with Crippen molar-refractivity contribution in [1.82, 2.24) is 5.32 Å². The molecule has 0 aliphatic carbocycles. The minimum Gasteiger partial charge on any atom is -0.394 e. The quantitative estimate of drug-likeness (QED) is 0.301. The van der Waals surface area contributed by atoms with Crippen LogP contribution in [0.3, 0.4) is 0 Å². The molecule has 0 bridgehead atoms. The second-order valence-electron chi connectivity index (χ2n) is 3.77. The molecule has 0 aromatic heterocycles. The Morgan fingerprint density at radius 3 is 2.44 bits per heavy atom. The van der Waals surface area contributed by atoms with Crippen molar-refractivity contribution in [1.29, 1.82) is 0 Å². The smallest absolute Gasteiger partial charge is 0.363 e. The molecule has 2 aliphatic heterocycles. The van der Waals surface area contributed by atoms with Crippen molar-refractivity contribution >= 4 is 5.91 Å². The molecule has 2 aliphatic rings. The molecule has 4 N–H and O–H groups in total. The number of aliphatic hydroxyl groups is 3. The van der Waals surface area contributed by atoms with Gasteiger partial charge in [0.2, 0.25) is 5.91 Å². The molecule has 4 atom stereocenters. The second-order valence-corrected chi connectivity index (χ2v) is 3.77. The molecule has 2 fully saturated rings. The topological polar surface area (TPSA) is 124 Å². The third kappa shape index (κ3) is 1.79. The highest BCUT2D eigenvalue weighted by Gasteiger charge is 2.67. The Balaban J connectivity index is 2.15. The number of nitrogens with one attached hydrogen (secondary N) is 1. The van der Waals surface area contributed by atoms with Gasteiger partial charge in [-0.05, 0) is 0 Å². The predicted molar refractivity (Wildman–Crippen MR) is 46.5 cm³/mol. The maximum Gasteiger partial charge on any atom is 0.363 e. The largest absolute Gasteiger partial charge is 0.394 e. The van der Waals surface area contributed by atoms with Crippen LogP contribution in [0.2, 0.25) is 0 Å². The number of carbonyl (C=O) groups is 1. The molecule has 16 heavy (non-hydrogen) atoms. The van der Waals surface area contributed by atoms with Crippen LogP contribution in [0.15, 0.2) is 0 Å². The lowest BCUT2D eigenvalue weighted by molar-refractivity contribution is -0.243. The third-order valence-electron chi connectivity index (χ3n) is 2.56. The van der Waals surface area contributed by atoms with Gasteiger partial charge in [0.1, 0.15) is 24.4 Å². The van der Waals surface area contributed by atoms with Gasteiger partial charge in [-0.3, -0.25) is 4.79 Å². The van der Waals surface area contributed by atoms with Crippen LogP contribution >= 0.6 is 0 Å². The number of rotatable bonds is 2. The number of ether oxygens (including phenoxy) is 1. The van der Waals surface area contributed by atoms with E-state index < -0.39 is 42.8 Å². The molecule has 0 unspecified atom stereocenters. The van der Waals surface area contributed by atoms with Crippen LogP contribution in [0.25, 0.3) is 0 Å². The van der Waals surface area contributed by atoms with Gasteiger partial charge >= 0.3 is 5.97 Å². The number of amides is 1. The van der Waals surface area contributed by atoms with E-state index in [9.17, 15) is 15.0 Å². The lowest BCUT2D eigenvalue weighted by Gasteiger charge is -2.38. The van der Waals surface area contributed by atoms with Crippen molar-refractivity contribution in [3.05, 3.63) is 0 Å². The van der Waals surface area contributed by atoms with Gasteiger partial charge in [-0.1, -0.05) is 0 Å². The average molecular weight is 235 g/mol. The van der Waals surface area contributed by atoms with Gasteiger partial charge in [-0.25, -0.2) is 0 Å². The predicted octanol–water partition coefficient (Wildman–Crippen LogP) is -2.78. The van der Waals surface area contributed by atoms with Gasteiger partial charge in [0.15, 0.2) is 0 Å². The summed E-state index contributed by atoms with van der Waals surface area (Å²) >= 11 is 0. The number of hydrogen-bond donors (Lipinski definition) is 4. The summed E-state index contributed by atoms with van der Waals surface area (Å²) in [6, 6.07) is -1.04. The Hall–Kier alpha value is -0.770. The van der Waals surface area contributed by atoms with Crippen molar-refractivity contribution in [2.45, 2.75) is 37.3 Å². The van der Waals surface area contributed by atoms with E-state index in [0.717, 1.165) is 0 Å². The van der Waals surface area contributed by atoms with Crippen molar-refractivity contribution in [3.8, 4) is 0 Å². The third-order valence-corrected chi connectivity index (χ3v) is 2.56. The zero-order valence-corrected chi connectivity index (χ0v) is 8.49. The summed E-state index contributed by atoms with van der Waals surface area (Å²) in [4.78, 5) is 20.1. The Morgan fingerprint density at radius 2 is 2.00 bits per heavy atom. The van der Waals surface area contributed by atoms with E-state index in [-0.39, 0.29) is 0 Å². The Bertz CT molecular complexity index is 292. The van der Waals surface area contributed by atoms with Gasteiger partial charge in [-0.15, -0.1) is 0 Å². The summed E-state index contributed by atoms with van der Waals surface area (Å²) in [6.45, 7) is 0.743. The van der Waals surface area contributed by atoms with Gasteiger partial charge in [0, 0.05) is 6.92 Å². The molecule has 8 nitrogen and oxygen atoms in total. The summed E-state index contributed by atoms with van der Waals surface area (Å²) in [5, 5.41) is 30.6. The van der Waals surface area contributed by atoms with Crippen LogP contribution in [-0.2, 0) is 19.3 Å². The highest BCUT2D eigenvalue weighted by Crippen LogP contribution is 2.42. The van der Waals surface area contributed by atoms with Crippen molar-refractivity contribution < 1.29 is 34.6 Å². The van der Waals surface area contributed by atoms with Gasteiger partial charge in [0.25, 0.3) is 0 Å². The molecule has 0 saturated carbocycles. The molecule has 2 heterocycles. The van der Waals surface area contributed by atoms with E-state index in [0.29, 0.717) is 0 Å². The van der Waals surface area contributed by atoms with Gasteiger partial charge in [0.05, 0.1) is 6.61 Å². The number of hydrogen-bond acceptors (Lipinski definition) is 7. The van der Waals surface area contributed by atoms with Crippen LogP contribution in [0.4, 0.5) is 0 Å². The first-order valence-corrected chi connectivity index (χ1v) is 4.79. The normalized spacial score (nSPS) is 40.8. The highest BCUT2D eigenvalue weighted by atomic mass is 17.5. The molecule has 92 valence electrons. The van der Waals surface area contributed by atoms with Gasteiger partial charge in [-0.2, -0.15) is 9.78 Å². The molecule has 1 amide bonds. The van der Waals surface area contributed by atoms with Crippen LogP contribution in [-0.4, -0.2) is 58.2 Å². The van der Waals surface area contributed by atoms with Gasteiger partial charge < -0.3 is 25.4 Å². The fraction of sp³-hybridized carbons (Fsp3) is 0.875. The first-order chi connectivity index (χ1) is 7.50. The Labute approximate surface area is 90.6 Å². The van der Waals surface area contributed by atoms with Crippen LogP contribution in [0.5, 0.6) is 0 Å². The lowest BCUT2D eigenvalue weighted by atomic mass is 9.96. The highest BCUT2D eigenvalue weighted by molar-refractivity contribution is 5.73. The Morgan fingerprint density at radius 1 is 1.38 bits per heavy atom. The summed E-state index contributed by atoms with van der Waals surface area (Å²) < 4.78 is 5.11. The standard InChI is InChI=1S/C8H13NO7/c1-3(11)9-7-6(13)5(12)4(2-10)14-8(7)15-16-8/h4-7,10,12-13H,2H2,1H3,(H,9,11)/t4-,5-,6+,7-/m1/s1. The van der Waals surface area contributed by atoms with Crippen LogP contribution in [0.1, 0.15) is 6.92 Å². The minimum absolute atomic E-state index is 0.430. The fourth-order valence-corrected chi connectivity index (χ4v) is 1.70. The first kappa shape index (κ1) is 11.7. The van der Waals surface area contributed by atoms with Crippen molar-refractivity contribution in [2.24, 2.45) is 0 Å². The molecular weight excluding hydrogens is 222 g/mol. The fourth-order valence-electron chi connectivity index (χ4n) is 1.70. The summed E-state index contributed by atoms with van der Waals surface area (Å²) in [6.07, 6.45) is -3.71. The zero-order chi connectivity index (χ0) is 11.9. The summed E-state index contributed by atoms with van der Waals surface area (Å²) in [5.41, 5.74) is 0. The monoisotopic (exact) mass is 235 g/mol. The molecule has 2 rings (SSSR count). The molecule has 1 spiro atoms. The molecule has 0 aromatic rings. The molecule has 0 aromatic carbocycles. The summed E-state index contributed by atoms with van der Waals surface area (Å²) in [5.74, 6) is -2.03. The second kappa shape index (κ2) is 3.91. The number of aliphatic hydroxyl groups excluding tert-OH is 3. The van der Waals surface area contributed by atoms with E-state index in [1.165, 1.54) is 6.92 Å². The van der Waals surface area contributed by atoms with Crippen molar-refractivity contribution in [2.75, 3.05) is 6.61 Å². The van der Waals surface area contributed by atoms with Crippen molar-refractivity contribution in [3.63, 3.8) is 0 Å². The molecular formula is C8H13NO7. The minimum atomic E-state index is -1.60. The SMILES string of the molecule is CC(=O)N[C@@H]1[C@@H](O)[C@H](O)[C@@H](CO)OC12OO2. The molecule has 0 radical (unpaired) electrons. The van der Waals surface area contributed by atoms with Crippen LogP contribution in [0, 0.1) is 0 Å². The van der Waals surface area contributed by atoms with E-state index in [1.54, 1.807) is 0 Å². The maximum atomic E-state index is 10.9. The first-order valence-electron chi connectivity index (χ1n) is 4.79. The number of carbonyl (C=O) groups excluding carboxylic acids is 1. The van der Waals surface area contributed by atoms with E-state index >= 15 is 0 Å². The lowest BCUT2D eigenvalue weighted by Crippen LogP contribution is -2.65. The van der Waals surface area contributed by atoms with E-state index in [2.05, 4.69) is 15.1 Å². The zero-order valence-electron chi connectivity index (χ0n) is 8.49. The summed E-state index contributed by atoms with van der Waals surface area (Å²) in [7, 11) is 0. The maximum absolute atomic E-state index is 10.9. The van der Waals surface area contributed by atoms with E-state index in [4.69, 9.17) is 9.84 Å². The average Bonchev–Trinajstić information content (AvgIpc) is 2.99. The molecule has 8 heteroatoms. The van der Waals surface area contributed by atoms with Crippen LogP contribution < -0.4 is 5.32 Å². The molecule has 2 saturated heterocycles. The van der Waals surface area contributed by atoms with E-state index in [1.807, 2.05) is 0 Å².